The summed E-state index contributed by atoms with van der Waals surface area (Å²) in [6.45, 7) is 0.871. The number of carbonyl (C=O) groups excluding carboxylic acids is 1. The summed E-state index contributed by atoms with van der Waals surface area (Å²) in [5.41, 5.74) is 2.56. The van der Waals surface area contributed by atoms with E-state index in [0.717, 1.165) is 11.3 Å². The molecule has 36 heavy (non-hydrogen) atoms. The second kappa shape index (κ2) is 10.4. The van der Waals surface area contributed by atoms with Gasteiger partial charge in [0.25, 0.3) is 5.91 Å². The number of methoxy groups -OCH3 is 2. The van der Waals surface area contributed by atoms with Gasteiger partial charge in [-0.25, -0.2) is 4.68 Å². The molecule has 1 aromatic heterocycles. The molecule has 2 heterocycles. The molecule has 4 aromatic rings. The minimum absolute atomic E-state index is 0.147. The van der Waals surface area contributed by atoms with Crippen LogP contribution in [0.2, 0.25) is 0 Å². The predicted octanol–water partition coefficient (Wildman–Crippen LogP) is 3.95. The zero-order chi connectivity index (χ0) is 24.9. The average molecular weight is 489 g/mol. The van der Waals surface area contributed by atoms with E-state index in [-0.39, 0.29) is 18.7 Å². The standard InChI is InChI=1S/C26H24N4O6/c1-32-12-13-34-26-28-24(17-6-9-21(33-2)10-7-17)30(29-26)20-5-3-4-19(15-20)27-25(31)18-8-11-22-23(14-18)36-16-35-22/h3-11,14-15H,12-13,16H2,1-2H3,(H,27,31). The molecular weight excluding hydrogens is 464 g/mol. The third-order valence-corrected chi connectivity index (χ3v) is 5.44. The van der Waals surface area contributed by atoms with Gasteiger partial charge in [0, 0.05) is 23.9 Å². The number of nitrogens with zero attached hydrogens (tertiary/aromatic N) is 3. The highest BCUT2D eigenvalue weighted by Crippen LogP contribution is 2.33. The molecule has 0 radical (unpaired) electrons. The minimum Gasteiger partial charge on any atom is -0.497 e. The normalized spacial score (nSPS) is 11.8. The summed E-state index contributed by atoms with van der Waals surface area (Å²) in [4.78, 5) is 17.5. The van der Waals surface area contributed by atoms with Crippen molar-refractivity contribution in [3.63, 3.8) is 0 Å². The number of ether oxygens (including phenoxy) is 5. The first-order valence-electron chi connectivity index (χ1n) is 11.2. The molecule has 184 valence electrons. The number of carbonyl (C=O) groups is 1. The van der Waals surface area contributed by atoms with E-state index in [1.165, 1.54) is 0 Å². The van der Waals surface area contributed by atoms with Crippen LogP contribution >= 0.6 is 0 Å². The largest absolute Gasteiger partial charge is 0.497 e. The molecule has 0 aliphatic carbocycles. The molecule has 0 saturated heterocycles. The van der Waals surface area contributed by atoms with Gasteiger partial charge in [-0.15, -0.1) is 5.10 Å². The number of amides is 1. The van der Waals surface area contributed by atoms with Crippen LogP contribution < -0.4 is 24.3 Å². The van der Waals surface area contributed by atoms with Gasteiger partial charge in [-0.3, -0.25) is 4.79 Å². The van der Waals surface area contributed by atoms with Crippen LogP contribution in [-0.4, -0.2) is 54.9 Å². The van der Waals surface area contributed by atoms with E-state index in [4.69, 9.17) is 23.7 Å². The smallest absolute Gasteiger partial charge is 0.336 e. The lowest BCUT2D eigenvalue weighted by molar-refractivity contribution is 0.102. The van der Waals surface area contributed by atoms with Crippen molar-refractivity contribution in [2.24, 2.45) is 0 Å². The molecule has 10 heteroatoms. The number of rotatable bonds is 9. The van der Waals surface area contributed by atoms with Crippen molar-refractivity contribution in [3.8, 4) is 40.3 Å². The maximum absolute atomic E-state index is 12.9. The Bertz CT molecular complexity index is 1370. The van der Waals surface area contributed by atoms with Gasteiger partial charge in [-0.05, 0) is 60.7 Å². The van der Waals surface area contributed by atoms with E-state index in [2.05, 4.69) is 15.4 Å². The van der Waals surface area contributed by atoms with Crippen molar-refractivity contribution < 1.29 is 28.5 Å². The SMILES string of the molecule is COCCOc1nc(-c2ccc(OC)cc2)n(-c2cccc(NC(=O)c3ccc4c(c3)OCO4)c2)n1. The molecule has 5 rings (SSSR count). The summed E-state index contributed by atoms with van der Waals surface area (Å²) in [6, 6.07) is 20.1. The number of hydrogen-bond donors (Lipinski definition) is 1. The van der Waals surface area contributed by atoms with Crippen molar-refractivity contribution in [1.29, 1.82) is 0 Å². The average Bonchev–Trinajstić information content (AvgIpc) is 3.56. The summed E-state index contributed by atoms with van der Waals surface area (Å²) in [6.07, 6.45) is 0. The number of aromatic nitrogens is 3. The molecule has 1 aliphatic rings. The summed E-state index contributed by atoms with van der Waals surface area (Å²) in [5, 5.41) is 7.46. The van der Waals surface area contributed by atoms with Crippen molar-refractivity contribution in [2.75, 3.05) is 39.5 Å². The van der Waals surface area contributed by atoms with Gasteiger partial charge in [0.1, 0.15) is 12.4 Å². The van der Waals surface area contributed by atoms with Gasteiger partial charge in [0.05, 0.1) is 19.4 Å². The van der Waals surface area contributed by atoms with Crippen LogP contribution in [0.1, 0.15) is 10.4 Å². The Hall–Kier alpha value is -4.57. The highest BCUT2D eigenvalue weighted by atomic mass is 16.7. The van der Waals surface area contributed by atoms with Crippen LogP contribution in [0.3, 0.4) is 0 Å². The molecule has 1 amide bonds. The Balaban J connectivity index is 1.43. The van der Waals surface area contributed by atoms with Crippen LogP contribution in [0, 0.1) is 0 Å². The van der Waals surface area contributed by atoms with E-state index in [9.17, 15) is 4.79 Å². The first-order chi connectivity index (χ1) is 17.6. The Morgan fingerprint density at radius 2 is 1.83 bits per heavy atom. The third-order valence-electron chi connectivity index (χ3n) is 5.44. The predicted molar refractivity (Wildman–Crippen MR) is 131 cm³/mol. The Morgan fingerprint density at radius 1 is 1.00 bits per heavy atom. The molecule has 0 saturated carbocycles. The maximum atomic E-state index is 12.9. The molecular formula is C26H24N4O6. The molecule has 0 spiro atoms. The van der Waals surface area contributed by atoms with E-state index in [1.54, 1.807) is 43.2 Å². The molecule has 1 N–H and O–H groups in total. The maximum Gasteiger partial charge on any atom is 0.336 e. The fourth-order valence-electron chi connectivity index (χ4n) is 3.63. The van der Waals surface area contributed by atoms with E-state index < -0.39 is 0 Å². The molecule has 1 aliphatic heterocycles. The van der Waals surface area contributed by atoms with E-state index >= 15 is 0 Å². The van der Waals surface area contributed by atoms with Gasteiger partial charge in [0.2, 0.25) is 6.79 Å². The topological polar surface area (TPSA) is 106 Å². The molecule has 0 atom stereocenters. The highest BCUT2D eigenvalue weighted by Gasteiger charge is 2.18. The lowest BCUT2D eigenvalue weighted by Crippen LogP contribution is -2.12. The van der Waals surface area contributed by atoms with Crippen LogP contribution in [0.25, 0.3) is 17.1 Å². The summed E-state index contributed by atoms with van der Waals surface area (Å²) < 4.78 is 28.3. The lowest BCUT2D eigenvalue weighted by atomic mass is 10.1. The quantitative estimate of drug-likeness (QED) is 0.353. The summed E-state index contributed by atoms with van der Waals surface area (Å²) in [5.74, 6) is 2.19. The van der Waals surface area contributed by atoms with Gasteiger partial charge < -0.3 is 29.0 Å². The number of anilines is 1. The Labute approximate surface area is 207 Å². The Morgan fingerprint density at radius 3 is 2.64 bits per heavy atom. The van der Waals surface area contributed by atoms with Crippen molar-refractivity contribution in [1.82, 2.24) is 14.8 Å². The van der Waals surface area contributed by atoms with Crippen LogP contribution in [0.4, 0.5) is 5.69 Å². The fraction of sp³-hybridized carbons (Fsp3) is 0.192. The second-order valence-corrected chi connectivity index (χ2v) is 7.77. The van der Waals surface area contributed by atoms with E-state index in [1.807, 2.05) is 42.5 Å². The molecule has 0 fully saturated rings. The van der Waals surface area contributed by atoms with Crippen LogP contribution in [-0.2, 0) is 4.74 Å². The number of benzene rings is 3. The zero-order valence-corrected chi connectivity index (χ0v) is 19.8. The van der Waals surface area contributed by atoms with Gasteiger partial charge >= 0.3 is 6.01 Å². The van der Waals surface area contributed by atoms with Crippen LogP contribution in [0.5, 0.6) is 23.3 Å². The molecule has 0 bridgehead atoms. The van der Waals surface area contributed by atoms with E-state index in [0.29, 0.717) is 47.5 Å². The molecule has 10 nitrogen and oxygen atoms in total. The Kier molecular flexibility index (Phi) is 6.67. The third kappa shape index (κ3) is 4.93. The first kappa shape index (κ1) is 23.2. The minimum atomic E-state index is -0.275. The van der Waals surface area contributed by atoms with Gasteiger partial charge in [0.15, 0.2) is 17.3 Å². The van der Waals surface area contributed by atoms with Crippen molar-refractivity contribution in [3.05, 3.63) is 72.3 Å². The van der Waals surface area contributed by atoms with Gasteiger partial charge in [-0.1, -0.05) is 6.07 Å². The molecule has 3 aromatic carbocycles. The van der Waals surface area contributed by atoms with Crippen molar-refractivity contribution >= 4 is 11.6 Å². The molecule has 0 unspecified atom stereocenters. The monoisotopic (exact) mass is 488 g/mol. The first-order valence-corrected chi connectivity index (χ1v) is 11.2. The fourth-order valence-corrected chi connectivity index (χ4v) is 3.63. The number of nitrogens with one attached hydrogen (secondary N) is 1. The zero-order valence-electron chi connectivity index (χ0n) is 19.8. The van der Waals surface area contributed by atoms with Crippen molar-refractivity contribution in [2.45, 2.75) is 0 Å². The highest BCUT2D eigenvalue weighted by molar-refractivity contribution is 6.04. The second-order valence-electron chi connectivity index (χ2n) is 7.77. The lowest BCUT2D eigenvalue weighted by Gasteiger charge is -2.10. The number of hydrogen-bond acceptors (Lipinski definition) is 8. The van der Waals surface area contributed by atoms with Crippen LogP contribution in [0.15, 0.2) is 66.7 Å². The summed E-state index contributed by atoms with van der Waals surface area (Å²) >= 11 is 0. The number of fused-ring (bicyclic) bond motifs is 1. The summed E-state index contributed by atoms with van der Waals surface area (Å²) in [7, 11) is 3.21. The van der Waals surface area contributed by atoms with Gasteiger partial charge in [-0.2, -0.15) is 4.98 Å².